The van der Waals surface area contributed by atoms with Crippen LogP contribution in [-0.4, -0.2) is 14.9 Å². The van der Waals surface area contributed by atoms with Crippen molar-refractivity contribution in [2.45, 2.75) is 40.0 Å². The lowest BCUT2D eigenvalue weighted by molar-refractivity contribution is 0.445. The van der Waals surface area contributed by atoms with Gasteiger partial charge in [0.05, 0.1) is 5.69 Å². The molecule has 2 aromatic carbocycles. The van der Waals surface area contributed by atoms with Crippen LogP contribution in [0.15, 0.2) is 48.5 Å². The van der Waals surface area contributed by atoms with E-state index in [0.717, 1.165) is 22.5 Å². The molecule has 0 fully saturated rings. The van der Waals surface area contributed by atoms with Crippen LogP contribution in [0.4, 0.5) is 0 Å². The van der Waals surface area contributed by atoms with Crippen molar-refractivity contribution in [2.75, 3.05) is 0 Å². The van der Waals surface area contributed by atoms with Crippen LogP contribution in [0, 0.1) is 13.8 Å². The lowest BCUT2D eigenvalue weighted by Crippen LogP contribution is -2.13. The van der Waals surface area contributed by atoms with Gasteiger partial charge < -0.3 is 5.11 Å². The zero-order valence-corrected chi connectivity index (χ0v) is 15.0. The smallest absolute Gasteiger partial charge is 0.166 e. The first-order valence-corrected chi connectivity index (χ1v) is 8.24. The highest BCUT2D eigenvalue weighted by Crippen LogP contribution is 2.40. The molecule has 3 heteroatoms. The number of para-hydroxylation sites is 1. The fourth-order valence-corrected chi connectivity index (χ4v) is 2.86. The van der Waals surface area contributed by atoms with Crippen LogP contribution in [0.2, 0.25) is 0 Å². The summed E-state index contributed by atoms with van der Waals surface area (Å²) in [5, 5.41) is 15.7. The van der Waals surface area contributed by atoms with Crippen molar-refractivity contribution in [3.63, 3.8) is 0 Å². The molecule has 24 heavy (non-hydrogen) atoms. The Bertz CT molecular complexity index is 868. The molecule has 1 aromatic heterocycles. The molecule has 0 spiro atoms. The largest absolute Gasteiger partial charge is 0.504 e. The predicted octanol–water partition coefficient (Wildman–Crippen LogP) is 5.16. The highest BCUT2D eigenvalue weighted by atomic mass is 16.3. The van der Waals surface area contributed by atoms with Gasteiger partial charge in [0.1, 0.15) is 11.4 Å². The molecule has 0 aliphatic carbocycles. The predicted molar refractivity (Wildman–Crippen MR) is 98.8 cm³/mol. The van der Waals surface area contributed by atoms with Gasteiger partial charge in [0.15, 0.2) is 5.75 Å². The molecule has 0 radical (unpaired) electrons. The van der Waals surface area contributed by atoms with Crippen LogP contribution in [0.3, 0.4) is 0 Å². The molecule has 3 nitrogen and oxygen atoms in total. The van der Waals surface area contributed by atoms with E-state index in [-0.39, 0.29) is 11.2 Å². The Kier molecular flexibility index (Phi) is 3.96. The molecule has 0 saturated carbocycles. The van der Waals surface area contributed by atoms with E-state index in [1.165, 1.54) is 5.56 Å². The van der Waals surface area contributed by atoms with Crippen molar-refractivity contribution < 1.29 is 5.11 Å². The number of nitrogens with zero attached hydrogens (tertiary/aromatic N) is 2. The molecule has 3 aromatic rings. The third kappa shape index (κ3) is 2.82. The van der Waals surface area contributed by atoms with Gasteiger partial charge in [0, 0.05) is 11.0 Å². The van der Waals surface area contributed by atoms with Gasteiger partial charge in [-0.3, -0.25) is 0 Å². The van der Waals surface area contributed by atoms with E-state index in [1.54, 1.807) is 0 Å². The summed E-state index contributed by atoms with van der Waals surface area (Å²) in [6.07, 6.45) is 0. The Morgan fingerprint density at radius 2 is 1.54 bits per heavy atom. The quantitative estimate of drug-likeness (QED) is 0.708. The number of aromatic nitrogens is 2. The average molecular weight is 320 g/mol. The summed E-state index contributed by atoms with van der Waals surface area (Å²) >= 11 is 0. The lowest BCUT2D eigenvalue weighted by atomic mass is 9.91. The topological polar surface area (TPSA) is 38.1 Å². The summed E-state index contributed by atoms with van der Waals surface area (Å²) in [5.41, 5.74) is 5.47. The van der Waals surface area contributed by atoms with E-state index < -0.39 is 0 Å². The zero-order chi connectivity index (χ0) is 17.5. The number of rotatable bonds is 2. The fourth-order valence-electron chi connectivity index (χ4n) is 2.86. The van der Waals surface area contributed by atoms with E-state index in [2.05, 4.69) is 52.8 Å². The van der Waals surface area contributed by atoms with Crippen molar-refractivity contribution in [3.8, 4) is 22.7 Å². The summed E-state index contributed by atoms with van der Waals surface area (Å²) < 4.78 is 1.87. The maximum Gasteiger partial charge on any atom is 0.166 e. The normalized spacial score (nSPS) is 11.7. The molecule has 0 aliphatic heterocycles. The Labute approximate surface area is 143 Å². The van der Waals surface area contributed by atoms with E-state index in [4.69, 9.17) is 5.10 Å². The number of aromatic hydroxyl groups is 1. The van der Waals surface area contributed by atoms with Crippen LogP contribution in [0.25, 0.3) is 16.9 Å². The van der Waals surface area contributed by atoms with Gasteiger partial charge in [0.2, 0.25) is 0 Å². The second-order valence-electron chi connectivity index (χ2n) is 7.36. The maximum absolute atomic E-state index is 10.9. The second-order valence-corrected chi connectivity index (χ2v) is 7.36. The minimum Gasteiger partial charge on any atom is -0.504 e. The van der Waals surface area contributed by atoms with E-state index in [0.29, 0.717) is 5.69 Å². The SMILES string of the molecule is Cc1ccc(-c2c(O)c(C(C)(C)C)nn2-c2ccccc2C)cc1. The molecule has 0 saturated heterocycles. The maximum atomic E-state index is 10.9. The van der Waals surface area contributed by atoms with Crippen molar-refractivity contribution >= 4 is 0 Å². The van der Waals surface area contributed by atoms with E-state index in [9.17, 15) is 5.11 Å². The van der Waals surface area contributed by atoms with E-state index in [1.807, 2.05) is 35.0 Å². The van der Waals surface area contributed by atoms with Gasteiger partial charge >= 0.3 is 0 Å². The monoisotopic (exact) mass is 320 g/mol. The van der Waals surface area contributed by atoms with Crippen molar-refractivity contribution in [3.05, 3.63) is 65.4 Å². The van der Waals surface area contributed by atoms with Gasteiger partial charge in [-0.2, -0.15) is 5.10 Å². The minimum absolute atomic E-state index is 0.239. The molecule has 0 bridgehead atoms. The summed E-state index contributed by atoms with van der Waals surface area (Å²) in [6.45, 7) is 10.3. The molecule has 0 amide bonds. The molecular formula is C21H24N2O. The summed E-state index contributed by atoms with van der Waals surface area (Å²) in [6, 6.07) is 16.3. The van der Waals surface area contributed by atoms with Crippen LogP contribution >= 0.6 is 0 Å². The first kappa shape index (κ1) is 16.3. The van der Waals surface area contributed by atoms with Crippen LogP contribution in [0.5, 0.6) is 5.75 Å². The molecule has 1 heterocycles. The van der Waals surface area contributed by atoms with Gasteiger partial charge in [-0.25, -0.2) is 4.68 Å². The van der Waals surface area contributed by atoms with Gasteiger partial charge in [-0.05, 0) is 25.5 Å². The Morgan fingerprint density at radius 1 is 0.917 bits per heavy atom. The highest BCUT2D eigenvalue weighted by Gasteiger charge is 2.28. The fraction of sp³-hybridized carbons (Fsp3) is 0.286. The zero-order valence-electron chi connectivity index (χ0n) is 15.0. The number of aryl methyl sites for hydroxylation is 2. The van der Waals surface area contributed by atoms with Crippen molar-refractivity contribution in [1.29, 1.82) is 0 Å². The number of benzene rings is 2. The van der Waals surface area contributed by atoms with Gasteiger partial charge in [0.25, 0.3) is 0 Å². The number of hydrogen-bond donors (Lipinski definition) is 1. The van der Waals surface area contributed by atoms with Gasteiger partial charge in [-0.1, -0.05) is 68.8 Å². The van der Waals surface area contributed by atoms with Crippen LogP contribution < -0.4 is 0 Å². The standard InChI is InChI=1S/C21H24N2O/c1-14-10-12-16(13-11-14)18-19(24)20(21(3,4)5)22-23(18)17-9-7-6-8-15(17)2/h6-13,24H,1-5H3. The third-order valence-corrected chi connectivity index (χ3v) is 4.24. The average Bonchev–Trinajstić information content (AvgIpc) is 2.86. The van der Waals surface area contributed by atoms with E-state index >= 15 is 0 Å². The van der Waals surface area contributed by atoms with Crippen molar-refractivity contribution in [1.82, 2.24) is 9.78 Å². The first-order chi connectivity index (χ1) is 11.3. The van der Waals surface area contributed by atoms with Crippen LogP contribution in [-0.2, 0) is 5.41 Å². The minimum atomic E-state index is -0.239. The third-order valence-electron chi connectivity index (χ3n) is 4.24. The molecule has 1 N–H and O–H groups in total. The first-order valence-electron chi connectivity index (χ1n) is 8.24. The Hall–Kier alpha value is -2.55. The lowest BCUT2D eigenvalue weighted by Gasteiger charge is -2.15. The molecule has 0 aliphatic rings. The molecule has 0 unspecified atom stereocenters. The molecule has 0 atom stereocenters. The molecule has 124 valence electrons. The number of hydrogen-bond acceptors (Lipinski definition) is 2. The highest BCUT2D eigenvalue weighted by molar-refractivity contribution is 5.71. The Balaban J connectivity index is 2.32. The Morgan fingerprint density at radius 3 is 2.12 bits per heavy atom. The van der Waals surface area contributed by atoms with Crippen LogP contribution in [0.1, 0.15) is 37.6 Å². The molecular weight excluding hydrogens is 296 g/mol. The summed E-state index contributed by atoms with van der Waals surface area (Å²) in [7, 11) is 0. The summed E-state index contributed by atoms with van der Waals surface area (Å²) in [5.74, 6) is 0.259. The molecule has 3 rings (SSSR count). The van der Waals surface area contributed by atoms with Crippen molar-refractivity contribution in [2.24, 2.45) is 0 Å². The van der Waals surface area contributed by atoms with Gasteiger partial charge in [-0.15, -0.1) is 0 Å². The second kappa shape index (κ2) is 5.82. The summed E-state index contributed by atoms with van der Waals surface area (Å²) in [4.78, 5) is 0.